The van der Waals surface area contributed by atoms with Gasteiger partial charge in [-0.3, -0.25) is 4.79 Å². The van der Waals surface area contributed by atoms with Crippen LogP contribution in [0.4, 0.5) is 17.3 Å². The molecule has 126 valence electrons. The molecular weight excluding hydrogens is 336 g/mol. The Morgan fingerprint density at radius 1 is 0.960 bits per heavy atom. The van der Waals surface area contributed by atoms with Gasteiger partial charge in [0, 0.05) is 28.8 Å². The molecule has 25 heavy (non-hydrogen) atoms. The maximum atomic E-state index is 12.2. The van der Waals surface area contributed by atoms with Crippen molar-refractivity contribution in [2.75, 3.05) is 10.6 Å². The van der Waals surface area contributed by atoms with Crippen molar-refractivity contribution in [3.8, 4) is 0 Å². The van der Waals surface area contributed by atoms with Crippen molar-refractivity contribution >= 4 is 34.8 Å². The first kappa shape index (κ1) is 16.9. The minimum atomic E-state index is -0.277. The molecule has 0 saturated carbocycles. The second-order valence-electron chi connectivity index (χ2n) is 5.43. The van der Waals surface area contributed by atoms with Crippen LogP contribution < -0.4 is 10.6 Å². The highest BCUT2D eigenvalue weighted by Crippen LogP contribution is 2.16. The maximum absolute atomic E-state index is 12.2. The Labute approximate surface area is 151 Å². The van der Waals surface area contributed by atoms with Crippen LogP contribution in [0.3, 0.4) is 0 Å². The Morgan fingerprint density at radius 2 is 1.56 bits per heavy atom. The number of carbonyl (C=O) groups excluding carboxylic acids is 1. The van der Waals surface area contributed by atoms with E-state index in [0.717, 1.165) is 12.1 Å². The van der Waals surface area contributed by atoms with E-state index in [1.165, 1.54) is 18.0 Å². The molecule has 3 aromatic rings. The molecule has 1 aromatic heterocycles. The summed E-state index contributed by atoms with van der Waals surface area (Å²) >= 11 is 5.83. The fourth-order valence-corrected chi connectivity index (χ4v) is 2.33. The van der Waals surface area contributed by atoms with Crippen LogP contribution in [0, 0.1) is 0 Å². The van der Waals surface area contributed by atoms with E-state index < -0.39 is 0 Å². The molecule has 0 fully saturated rings. The van der Waals surface area contributed by atoms with E-state index in [9.17, 15) is 4.79 Å². The molecule has 0 aliphatic carbocycles. The minimum Gasteiger partial charge on any atom is -0.324 e. The number of anilines is 3. The lowest BCUT2D eigenvalue weighted by molar-refractivity contribution is 0.102. The van der Waals surface area contributed by atoms with Gasteiger partial charge in [-0.15, -0.1) is 0 Å². The summed E-state index contributed by atoms with van der Waals surface area (Å²) in [5, 5.41) is 6.49. The number of rotatable bonds is 5. The summed E-state index contributed by atoms with van der Waals surface area (Å²) < 4.78 is 0. The minimum absolute atomic E-state index is 0.277. The molecular formula is C19H17ClN4O. The van der Waals surface area contributed by atoms with E-state index in [0.29, 0.717) is 22.2 Å². The van der Waals surface area contributed by atoms with Gasteiger partial charge in [0.15, 0.2) is 0 Å². The number of halogens is 1. The number of hydrogen-bond acceptors (Lipinski definition) is 4. The summed E-state index contributed by atoms with van der Waals surface area (Å²) in [6.07, 6.45) is 3.97. The third-order valence-electron chi connectivity index (χ3n) is 3.63. The van der Waals surface area contributed by atoms with Crippen LogP contribution >= 0.6 is 11.6 Å². The zero-order valence-corrected chi connectivity index (χ0v) is 14.4. The van der Waals surface area contributed by atoms with Crippen LogP contribution in [-0.2, 0) is 6.42 Å². The normalized spacial score (nSPS) is 10.3. The maximum Gasteiger partial charge on any atom is 0.258 e. The van der Waals surface area contributed by atoms with Gasteiger partial charge in [-0.2, -0.15) is 0 Å². The predicted octanol–water partition coefficient (Wildman–Crippen LogP) is 4.69. The second-order valence-corrected chi connectivity index (χ2v) is 5.87. The van der Waals surface area contributed by atoms with Gasteiger partial charge in [0.05, 0.1) is 5.56 Å². The average molecular weight is 353 g/mol. The van der Waals surface area contributed by atoms with Crippen LogP contribution in [0.1, 0.15) is 22.8 Å². The number of hydrogen-bond donors (Lipinski definition) is 2. The van der Waals surface area contributed by atoms with Gasteiger partial charge in [0.2, 0.25) is 5.95 Å². The standard InChI is InChI=1S/C19H17ClN4O/c1-2-13-3-7-17(8-4-13)24-19-21-11-14(12-22-19)18(25)23-16-9-5-15(20)6-10-16/h3-12H,2H2,1H3,(H,23,25)(H,21,22,24). The molecule has 1 amide bonds. The van der Waals surface area contributed by atoms with Crippen molar-refractivity contribution in [3.63, 3.8) is 0 Å². The fraction of sp³-hybridized carbons (Fsp3) is 0.105. The highest BCUT2D eigenvalue weighted by Gasteiger charge is 2.08. The summed E-state index contributed by atoms with van der Waals surface area (Å²) in [4.78, 5) is 20.6. The number of benzene rings is 2. The highest BCUT2D eigenvalue weighted by atomic mass is 35.5. The summed E-state index contributed by atoms with van der Waals surface area (Å²) in [5.41, 5.74) is 3.20. The van der Waals surface area contributed by atoms with Crippen LogP contribution in [0.5, 0.6) is 0 Å². The average Bonchev–Trinajstić information content (AvgIpc) is 2.65. The van der Waals surface area contributed by atoms with Crippen LogP contribution in [-0.4, -0.2) is 15.9 Å². The van der Waals surface area contributed by atoms with Gasteiger partial charge >= 0.3 is 0 Å². The molecule has 5 nitrogen and oxygen atoms in total. The lowest BCUT2D eigenvalue weighted by Gasteiger charge is -2.07. The van der Waals surface area contributed by atoms with Crippen LogP contribution in [0.25, 0.3) is 0 Å². The first-order valence-electron chi connectivity index (χ1n) is 7.89. The molecule has 0 aliphatic rings. The summed E-state index contributed by atoms with van der Waals surface area (Å²) in [7, 11) is 0. The number of aromatic nitrogens is 2. The van der Waals surface area contributed by atoms with Gasteiger partial charge < -0.3 is 10.6 Å². The molecule has 0 bridgehead atoms. The van der Waals surface area contributed by atoms with Gasteiger partial charge in [0.1, 0.15) is 0 Å². The first-order chi connectivity index (χ1) is 12.1. The topological polar surface area (TPSA) is 66.9 Å². The third-order valence-corrected chi connectivity index (χ3v) is 3.89. The van der Waals surface area contributed by atoms with E-state index in [1.807, 2.05) is 12.1 Å². The van der Waals surface area contributed by atoms with Crippen molar-refractivity contribution in [2.24, 2.45) is 0 Å². The molecule has 1 heterocycles. The van der Waals surface area contributed by atoms with E-state index in [-0.39, 0.29) is 5.91 Å². The molecule has 0 radical (unpaired) electrons. The van der Waals surface area contributed by atoms with E-state index in [1.54, 1.807) is 24.3 Å². The first-order valence-corrected chi connectivity index (χ1v) is 8.27. The molecule has 0 atom stereocenters. The van der Waals surface area contributed by atoms with Crippen molar-refractivity contribution in [1.82, 2.24) is 9.97 Å². The third kappa shape index (κ3) is 4.55. The smallest absolute Gasteiger partial charge is 0.258 e. The Morgan fingerprint density at radius 3 is 2.16 bits per heavy atom. The van der Waals surface area contributed by atoms with Crippen molar-refractivity contribution in [2.45, 2.75) is 13.3 Å². The predicted molar refractivity (Wildman–Crippen MR) is 101 cm³/mol. The zero-order chi connectivity index (χ0) is 17.6. The molecule has 3 rings (SSSR count). The largest absolute Gasteiger partial charge is 0.324 e. The van der Waals surface area contributed by atoms with Gasteiger partial charge in [-0.25, -0.2) is 9.97 Å². The fourth-order valence-electron chi connectivity index (χ4n) is 2.20. The van der Waals surface area contributed by atoms with Crippen molar-refractivity contribution < 1.29 is 4.79 Å². The zero-order valence-electron chi connectivity index (χ0n) is 13.7. The summed E-state index contributed by atoms with van der Waals surface area (Å²) in [6, 6.07) is 14.9. The molecule has 2 N–H and O–H groups in total. The lowest BCUT2D eigenvalue weighted by atomic mass is 10.1. The number of nitrogens with zero attached hydrogens (tertiary/aromatic N) is 2. The van der Waals surface area contributed by atoms with Crippen LogP contribution in [0.2, 0.25) is 5.02 Å². The Kier molecular flexibility index (Phi) is 5.26. The molecule has 0 spiro atoms. The van der Waals surface area contributed by atoms with E-state index in [4.69, 9.17) is 11.6 Å². The lowest BCUT2D eigenvalue weighted by Crippen LogP contribution is -2.13. The number of carbonyl (C=O) groups is 1. The van der Waals surface area contributed by atoms with Crippen molar-refractivity contribution in [3.05, 3.63) is 77.1 Å². The second kappa shape index (κ2) is 7.77. The Balaban J connectivity index is 1.64. The monoisotopic (exact) mass is 352 g/mol. The molecule has 6 heteroatoms. The number of nitrogens with one attached hydrogen (secondary N) is 2. The van der Waals surface area contributed by atoms with Crippen molar-refractivity contribution in [1.29, 1.82) is 0 Å². The quantitative estimate of drug-likeness (QED) is 0.699. The molecule has 2 aromatic carbocycles. The van der Waals surface area contributed by atoms with E-state index >= 15 is 0 Å². The molecule has 0 saturated heterocycles. The Bertz CT molecular complexity index is 846. The number of aryl methyl sites for hydroxylation is 1. The van der Waals surface area contributed by atoms with Gasteiger partial charge in [0.25, 0.3) is 5.91 Å². The van der Waals surface area contributed by atoms with Gasteiger partial charge in [-0.05, 0) is 48.4 Å². The highest BCUT2D eigenvalue weighted by molar-refractivity contribution is 6.30. The van der Waals surface area contributed by atoms with Crippen LogP contribution in [0.15, 0.2) is 60.9 Å². The number of amides is 1. The molecule has 0 aliphatic heterocycles. The Hall–Kier alpha value is -2.92. The van der Waals surface area contributed by atoms with E-state index in [2.05, 4.69) is 39.7 Å². The van der Waals surface area contributed by atoms with Gasteiger partial charge in [-0.1, -0.05) is 30.7 Å². The molecule has 0 unspecified atom stereocenters. The summed E-state index contributed by atoms with van der Waals surface area (Å²) in [5.74, 6) is 0.161. The SMILES string of the molecule is CCc1ccc(Nc2ncc(C(=O)Nc3ccc(Cl)cc3)cn2)cc1. The summed E-state index contributed by atoms with van der Waals surface area (Å²) in [6.45, 7) is 2.11.